The zero-order valence-corrected chi connectivity index (χ0v) is 31.3. The second kappa shape index (κ2) is 17.3. The van der Waals surface area contributed by atoms with Crippen LogP contribution in [-0.2, 0) is 24.0 Å². The van der Waals surface area contributed by atoms with Gasteiger partial charge in [0.25, 0.3) is 5.91 Å². The number of H-pyrrole nitrogens is 1. The maximum atomic E-state index is 14.8. The number of carbonyl (C=O) groups is 6. The van der Waals surface area contributed by atoms with Crippen LogP contribution in [0.3, 0.4) is 0 Å². The first kappa shape index (κ1) is 38.7. The van der Waals surface area contributed by atoms with Gasteiger partial charge in [-0.2, -0.15) is 0 Å². The van der Waals surface area contributed by atoms with Gasteiger partial charge in [0.2, 0.25) is 23.5 Å². The lowest BCUT2D eigenvalue weighted by Gasteiger charge is -2.39. The number of aromatic nitrogens is 1. The molecule has 1 aromatic rings. The number of hydrogen-bond acceptors (Lipinski definition) is 6. The maximum Gasteiger partial charge on any atom is 0.289 e. The first-order valence-corrected chi connectivity index (χ1v) is 19.8. The molecule has 51 heavy (non-hydrogen) atoms. The van der Waals surface area contributed by atoms with Crippen LogP contribution in [0.4, 0.5) is 0 Å². The number of likely N-dealkylation sites (tertiary alicyclic amines) is 1. The quantitative estimate of drug-likeness (QED) is 0.144. The van der Waals surface area contributed by atoms with Gasteiger partial charge in [0.15, 0.2) is 5.78 Å². The zero-order chi connectivity index (χ0) is 36.7. The van der Waals surface area contributed by atoms with Gasteiger partial charge < -0.3 is 25.8 Å². The van der Waals surface area contributed by atoms with Crippen molar-refractivity contribution in [1.29, 1.82) is 0 Å². The third kappa shape index (κ3) is 9.89. The van der Waals surface area contributed by atoms with E-state index in [1.165, 1.54) is 0 Å². The molecule has 5 rings (SSSR count). The van der Waals surface area contributed by atoms with Gasteiger partial charge in [-0.25, -0.2) is 0 Å². The van der Waals surface area contributed by atoms with Crippen molar-refractivity contribution in [3.63, 3.8) is 0 Å². The molecule has 1 saturated heterocycles. The van der Waals surface area contributed by atoms with E-state index in [-0.39, 0.29) is 47.8 Å². The fraction of sp³-hybridized carbons (Fsp3) is 0.750. The van der Waals surface area contributed by atoms with Gasteiger partial charge >= 0.3 is 0 Å². The molecule has 4 fully saturated rings. The van der Waals surface area contributed by atoms with E-state index in [1.807, 2.05) is 27.7 Å². The van der Waals surface area contributed by atoms with E-state index < -0.39 is 47.1 Å². The average Bonchev–Trinajstić information content (AvgIpc) is 3.55. The van der Waals surface area contributed by atoms with E-state index in [1.54, 1.807) is 23.2 Å². The minimum absolute atomic E-state index is 0.0203. The Kier molecular flexibility index (Phi) is 13.2. The summed E-state index contributed by atoms with van der Waals surface area (Å²) in [7, 11) is 0. The highest BCUT2D eigenvalue weighted by molar-refractivity contribution is 6.38. The molecule has 0 bridgehead atoms. The summed E-state index contributed by atoms with van der Waals surface area (Å²) in [5.41, 5.74) is -0.226. The standard InChI is InChI=1S/C40H61N5O6/c1-5-13-31(34(47)38(50)42-27-19-20-27)43-37(49)33-28(25-14-8-6-9-15-25)21-23-45(33)39(51)35(40(2,3)4)44-36(48)29(26-16-10-7-11-17-26)24-32(46)30-18-12-22-41-30/h12,18,22,25-29,31,33,35,41H,5-11,13-17,19-21,23-24H2,1-4H3,(H,42,50)(H,43,49)(H,44,48)/t28-,29+,31+,33+,35-/m1/s1. The van der Waals surface area contributed by atoms with Crippen molar-refractivity contribution >= 4 is 35.2 Å². The number of amides is 4. The number of carbonyl (C=O) groups excluding carboxylic acids is 6. The van der Waals surface area contributed by atoms with Gasteiger partial charge in [-0.05, 0) is 73.8 Å². The summed E-state index contributed by atoms with van der Waals surface area (Å²) in [6.07, 6.45) is 15.1. The Labute approximate surface area is 303 Å². The highest BCUT2D eigenvalue weighted by atomic mass is 16.2. The first-order valence-electron chi connectivity index (χ1n) is 19.8. The van der Waals surface area contributed by atoms with E-state index in [9.17, 15) is 28.8 Å². The third-order valence-corrected chi connectivity index (χ3v) is 11.9. The van der Waals surface area contributed by atoms with Crippen LogP contribution in [0.1, 0.15) is 141 Å². The number of nitrogens with one attached hydrogen (secondary N) is 4. The highest BCUT2D eigenvalue weighted by Gasteiger charge is 2.49. The summed E-state index contributed by atoms with van der Waals surface area (Å²) in [5.74, 6) is -2.82. The molecule has 0 spiro atoms. The van der Waals surface area contributed by atoms with Crippen LogP contribution in [0.15, 0.2) is 18.3 Å². The van der Waals surface area contributed by atoms with Crippen LogP contribution in [0.25, 0.3) is 0 Å². The number of nitrogens with zero attached hydrogens (tertiary/aromatic N) is 1. The molecular formula is C40H61N5O6. The Balaban J connectivity index is 1.38. The van der Waals surface area contributed by atoms with Gasteiger partial charge in [-0.15, -0.1) is 0 Å². The molecule has 0 aromatic carbocycles. The van der Waals surface area contributed by atoms with Gasteiger partial charge in [-0.3, -0.25) is 28.8 Å². The van der Waals surface area contributed by atoms with E-state index in [2.05, 4.69) is 20.9 Å². The van der Waals surface area contributed by atoms with Crippen molar-refractivity contribution in [2.24, 2.45) is 29.1 Å². The second-order valence-electron chi connectivity index (χ2n) is 16.8. The van der Waals surface area contributed by atoms with Gasteiger partial charge in [-0.1, -0.05) is 85.5 Å². The number of Topliss-reactive ketones (excluding diaryl/α,β-unsaturated/α-hetero) is 2. The highest BCUT2D eigenvalue weighted by Crippen LogP contribution is 2.40. The number of rotatable bonds is 15. The zero-order valence-electron chi connectivity index (χ0n) is 31.3. The van der Waals surface area contributed by atoms with Crippen molar-refractivity contribution in [3.05, 3.63) is 24.0 Å². The Morgan fingerprint density at radius 1 is 0.882 bits per heavy atom. The van der Waals surface area contributed by atoms with Crippen molar-refractivity contribution in [2.45, 2.75) is 155 Å². The van der Waals surface area contributed by atoms with Crippen LogP contribution in [0.5, 0.6) is 0 Å². The molecular weight excluding hydrogens is 646 g/mol. The van der Waals surface area contributed by atoms with Crippen molar-refractivity contribution in [1.82, 2.24) is 25.8 Å². The predicted molar refractivity (Wildman–Crippen MR) is 194 cm³/mol. The topological polar surface area (TPSA) is 158 Å². The van der Waals surface area contributed by atoms with Gasteiger partial charge in [0.1, 0.15) is 12.1 Å². The van der Waals surface area contributed by atoms with Crippen LogP contribution >= 0.6 is 0 Å². The Morgan fingerprint density at radius 3 is 2.14 bits per heavy atom. The minimum atomic E-state index is -0.975. The van der Waals surface area contributed by atoms with Crippen molar-refractivity contribution in [2.75, 3.05) is 6.54 Å². The Hall–Kier alpha value is -3.50. The fourth-order valence-electron chi connectivity index (χ4n) is 8.80. The Bertz CT molecular complexity index is 1390. The lowest BCUT2D eigenvalue weighted by molar-refractivity contribution is -0.147. The fourth-order valence-corrected chi connectivity index (χ4v) is 8.80. The van der Waals surface area contributed by atoms with Crippen LogP contribution in [0, 0.1) is 29.1 Å². The van der Waals surface area contributed by atoms with Crippen LogP contribution in [0.2, 0.25) is 0 Å². The first-order chi connectivity index (χ1) is 24.4. The molecule has 3 aliphatic carbocycles. The average molecular weight is 708 g/mol. The molecule has 4 amide bonds. The number of ketones is 2. The molecule has 2 heterocycles. The number of aromatic amines is 1. The summed E-state index contributed by atoms with van der Waals surface area (Å²) >= 11 is 0. The molecule has 11 nitrogen and oxygen atoms in total. The minimum Gasteiger partial charge on any atom is -0.359 e. The molecule has 11 heteroatoms. The van der Waals surface area contributed by atoms with Gasteiger partial charge in [0.05, 0.1) is 11.7 Å². The molecule has 0 unspecified atom stereocenters. The summed E-state index contributed by atoms with van der Waals surface area (Å²) in [6, 6.07) is 0.784. The number of hydrogen-bond donors (Lipinski definition) is 4. The second-order valence-corrected chi connectivity index (χ2v) is 16.8. The molecule has 4 N–H and O–H groups in total. The molecule has 5 atom stereocenters. The molecule has 282 valence electrons. The SMILES string of the molecule is CCC[C@H](NC(=O)[C@@H]1[C@@H](C2CCCCC2)CCN1C(=O)[C@@H](NC(=O)[C@@H](CC(=O)c1ccc[nH]1)C1CCCCC1)C(C)(C)C)C(=O)C(=O)NC1CC1. The predicted octanol–water partition coefficient (Wildman–Crippen LogP) is 5.24. The van der Waals surface area contributed by atoms with Gasteiger partial charge in [0, 0.05) is 31.1 Å². The van der Waals surface area contributed by atoms with E-state index >= 15 is 0 Å². The molecule has 1 aromatic heterocycles. The van der Waals surface area contributed by atoms with E-state index in [0.29, 0.717) is 31.5 Å². The largest absolute Gasteiger partial charge is 0.359 e. The van der Waals surface area contributed by atoms with E-state index in [4.69, 9.17) is 0 Å². The third-order valence-electron chi connectivity index (χ3n) is 11.9. The smallest absolute Gasteiger partial charge is 0.289 e. The Morgan fingerprint density at radius 2 is 1.55 bits per heavy atom. The maximum absolute atomic E-state index is 14.8. The lowest BCUT2D eigenvalue weighted by atomic mass is 9.76. The normalized spacial score (nSPS) is 23.6. The lowest BCUT2D eigenvalue weighted by Crippen LogP contribution is -2.61. The van der Waals surface area contributed by atoms with Crippen LogP contribution in [-0.4, -0.2) is 75.8 Å². The van der Waals surface area contributed by atoms with E-state index in [0.717, 1.165) is 77.0 Å². The van der Waals surface area contributed by atoms with Crippen molar-refractivity contribution < 1.29 is 28.8 Å². The monoisotopic (exact) mass is 707 g/mol. The molecule has 3 saturated carbocycles. The van der Waals surface area contributed by atoms with Crippen LogP contribution < -0.4 is 16.0 Å². The van der Waals surface area contributed by atoms with Crippen molar-refractivity contribution in [3.8, 4) is 0 Å². The summed E-state index contributed by atoms with van der Waals surface area (Å²) in [5, 5.41) is 8.81. The molecule has 1 aliphatic heterocycles. The summed E-state index contributed by atoms with van der Waals surface area (Å²) in [6.45, 7) is 8.01. The molecule has 0 radical (unpaired) electrons. The summed E-state index contributed by atoms with van der Waals surface area (Å²) < 4.78 is 0. The molecule has 4 aliphatic rings. The summed E-state index contributed by atoms with van der Waals surface area (Å²) in [4.78, 5) is 87.4.